The molecule has 3 aromatic rings. The second-order valence-electron chi connectivity index (χ2n) is 6.87. The molecule has 142 valence electrons. The van der Waals surface area contributed by atoms with Gasteiger partial charge in [0.05, 0.1) is 6.42 Å². The molecule has 3 rings (SSSR count). The van der Waals surface area contributed by atoms with Gasteiger partial charge >= 0.3 is 0 Å². The van der Waals surface area contributed by atoms with Crippen LogP contribution in [0.15, 0.2) is 54.6 Å². The van der Waals surface area contributed by atoms with E-state index in [4.69, 9.17) is 6.42 Å². The highest BCUT2D eigenvalue weighted by atomic mass is 15.0. The van der Waals surface area contributed by atoms with Crippen molar-refractivity contribution in [1.82, 2.24) is 0 Å². The number of terminal acetylenes is 1. The molecule has 0 N–H and O–H groups in total. The van der Waals surface area contributed by atoms with Crippen molar-refractivity contribution in [3.63, 3.8) is 0 Å². The number of para-hydroxylation sites is 1. The molecule has 2 aromatic heterocycles. The highest BCUT2D eigenvalue weighted by molar-refractivity contribution is 5.75. The van der Waals surface area contributed by atoms with E-state index in [1.807, 2.05) is 6.92 Å². The number of hydrogen-bond acceptors (Lipinski definition) is 0. The third-order valence-corrected chi connectivity index (χ3v) is 4.91. The smallest absolute Gasteiger partial charge is 0.189 e. The summed E-state index contributed by atoms with van der Waals surface area (Å²) in [5, 5.41) is 1.21. The molecule has 0 saturated heterocycles. The Morgan fingerprint density at radius 3 is 2.41 bits per heavy atom. The minimum Gasteiger partial charge on any atom is -0.189 e. The van der Waals surface area contributed by atoms with Gasteiger partial charge in [-0.3, -0.25) is 0 Å². The summed E-state index contributed by atoms with van der Waals surface area (Å²) < 4.78 is 4.52. The van der Waals surface area contributed by atoms with Crippen LogP contribution in [0.4, 0.5) is 0 Å². The average molecular weight is 379 g/mol. The van der Waals surface area contributed by atoms with Gasteiger partial charge in [0.2, 0.25) is 5.52 Å². The first-order valence-corrected chi connectivity index (χ1v) is 10.0. The van der Waals surface area contributed by atoms with Crippen molar-refractivity contribution in [3.05, 3.63) is 71.7 Å². The molecule has 0 fully saturated rings. The molecular formula is C27H26N2+2. The van der Waals surface area contributed by atoms with E-state index in [0.29, 0.717) is 0 Å². The summed E-state index contributed by atoms with van der Waals surface area (Å²) in [6.07, 6.45) is 7.95. The van der Waals surface area contributed by atoms with Crippen LogP contribution in [0, 0.1) is 42.9 Å². The van der Waals surface area contributed by atoms with E-state index >= 15 is 0 Å². The van der Waals surface area contributed by atoms with Crippen LogP contribution < -0.4 is 9.13 Å². The molecule has 2 nitrogen and oxygen atoms in total. The van der Waals surface area contributed by atoms with Gasteiger partial charge in [-0.25, -0.2) is 0 Å². The third-order valence-electron chi connectivity index (χ3n) is 4.91. The van der Waals surface area contributed by atoms with E-state index in [0.717, 1.165) is 43.7 Å². The molecule has 0 aliphatic carbocycles. The number of unbranched alkanes of at least 4 members (excludes halogenated alkanes) is 1. The first kappa shape index (κ1) is 20.2. The molecule has 0 radical (unpaired) electrons. The first-order valence-electron chi connectivity index (χ1n) is 10.0. The third kappa shape index (κ3) is 5.04. The molecule has 0 aliphatic heterocycles. The molecule has 1 aromatic carbocycles. The fourth-order valence-electron chi connectivity index (χ4n) is 3.43. The number of pyridine rings is 2. The topological polar surface area (TPSA) is 7.76 Å². The van der Waals surface area contributed by atoms with Crippen molar-refractivity contribution in [3.8, 4) is 36.0 Å². The van der Waals surface area contributed by atoms with Crippen molar-refractivity contribution in [2.24, 2.45) is 0 Å². The summed E-state index contributed by atoms with van der Waals surface area (Å²) in [4.78, 5) is 0. The number of hydrogen-bond donors (Lipinski definition) is 0. The van der Waals surface area contributed by atoms with E-state index in [9.17, 15) is 0 Å². The molecular weight excluding hydrogens is 352 g/mol. The van der Waals surface area contributed by atoms with Gasteiger partial charge < -0.3 is 0 Å². The predicted octanol–water partition coefficient (Wildman–Crippen LogP) is 3.95. The Hall–Kier alpha value is -3.54. The summed E-state index contributed by atoms with van der Waals surface area (Å²) in [7, 11) is 0. The quantitative estimate of drug-likeness (QED) is 0.361. The monoisotopic (exact) mass is 378 g/mol. The predicted molar refractivity (Wildman–Crippen MR) is 118 cm³/mol. The van der Waals surface area contributed by atoms with Crippen molar-refractivity contribution in [1.29, 1.82) is 0 Å². The SMILES string of the molecule is C#CCCC[n+]1c(C)cccc1C#Cc1ccc2ccccc2[n+]1CCC#CC. The largest absolute Gasteiger partial charge is 0.257 e. The maximum Gasteiger partial charge on any atom is 0.257 e. The van der Waals surface area contributed by atoms with Crippen LogP contribution >= 0.6 is 0 Å². The Morgan fingerprint density at radius 2 is 1.62 bits per heavy atom. The van der Waals surface area contributed by atoms with E-state index in [1.165, 1.54) is 16.6 Å². The summed E-state index contributed by atoms with van der Waals surface area (Å²) in [5.74, 6) is 15.7. The van der Waals surface area contributed by atoms with Crippen LogP contribution in [-0.2, 0) is 13.1 Å². The zero-order valence-corrected chi connectivity index (χ0v) is 17.2. The highest BCUT2D eigenvalue weighted by Crippen LogP contribution is 2.10. The van der Waals surface area contributed by atoms with E-state index < -0.39 is 0 Å². The van der Waals surface area contributed by atoms with E-state index in [2.05, 4.69) is 100 Å². The number of aryl methyl sites for hydroxylation is 2. The minimum atomic E-state index is 0.775. The lowest BCUT2D eigenvalue weighted by Gasteiger charge is -2.03. The normalized spacial score (nSPS) is 9.83. The van der Waals surface area contributed by atoms with Crippen LogP contribution in [0.3, 0.4) is 0 Å². The van der Waals surface area contributed by atoms with Gasteiger partial charge in [-0.1, -0.05) is 18.1 Å². The molecule has 0 aliphatic rings. The van der Waals surface area contributed by atoms with Gasteiger partial charge in [0.15, 0.2) is 18.8 Å². The van der Waals surface area contributed by atoms with Gasteiger partial charge in [-0.2, -0.15) is 9.13 Å². The maximum atomic E-state index is 5.42. The van der Waals surface area contributed by atoms with Crippen LogP contribution in [0.25, 0.3) is 10.9 Å². The number of fused-ring (bicyclic) bond motifs is 1. The lowest BCUT2D eigenvalue weighted by molar-refractivity contribution is -0.705. The summed E-state index contributed by atoms with van der Waals surface area (Å²) in [6.45, 7) is 5.69. The molecule has 0 atom stereocenters. The summed E-state index contributed by atoms with van der Waals surface area (Å²) >= 11 is 0. The molecule has 29 heavy (non-hydrogen) atoms. The average Bonchev–Trinajstić information content (AvgIpc) is 2.74. The van der Waals surface area contributed by atoms with Crippen LogP contribution in [0.1, 0.15) is 43.3 Å². The molecule has 0 bridgehead atoms. The maximum absolute atomic E-state index is 5.42. The van der Waals surface area contributed by atoms with Crippen LogP contribution in [-0.4, -0.2) is 0 Å². The number of aromatic nitrogens is 2. The van der Waals surface area contributed by atoms with Gasteiger partial charge in [-0.15, -0.1) is 18.3 Å². The molecule has 0 unspecified atom stereocenters. The number of nitrogens with zero attached hydrogens (tertiary/aromatic N) is 2. The zero-order chi connectivity index (χ0) is 20.5. The van der Waals surface area contributed by atoms with Crippen molar-refractivity contribution >= 4 is 10.9 Å². The lowest BCUT2D eigenvalue weighted by Crippen LogP contribution is -2.41. The number of benzene rings is 1. The molecule has 0 saturated carbocycles. The summed E-state index contributed by atoms with van der Waals surface area (Å²) in [5.41, 5.74) is 4.38. The van der Waals surface area contributed by atoms with Crippen LogP contribution in [0.5, 0.6) is 0 Å². The Labute approximate surface area is 174 Å². The standard InChI is InChI=1S/C27H26N2/c1-4-6-10-21-28-23(3)13-12-15-25(28)19-20-26-18-17-24-14-8-9-16-27(24)29(26)22-11-7-5-2/h1,8-9,12-18H,6,10-11,21-22H2,2-3H3/q+2. The van der Waals surface area contributed by atoms with E-state index in [-0.39, 0.29) is 0 Å². The lowest BCUT2D eigenvalue weighted by atomic mass is 10.1. The van der Waals surface area contributed by atoms with Gasteiger partial charge in [0.25, 0.3) is 11.4 Å². The second-order valence-corrected chi connectivity index (χ2v) is 6.87. The summed E-state index contributed by atoms with van der Waals surface area (Å²) in [6, 6.07) is 18.9. The molecule has 2 heterocycles. The Kier molecular flexibility index (Phi) is 7.05. The van der Waals surface area contributed by atoms with Gasteiger partial charge in [0.1, 0.15) is 0 Å². The Bertz CT molecular complexity index is 1170. The van der Waals surface area contributed by atoms with Gasteiger partial charge in [0, 0.05) is 61.3 Å². The zero-order valence-electron chi connectivity index (χ0n) is 17.2. The molecule has 0 amide bonds. The van der Waals surface area contributed by atoms with Gasteiger partial charge in [-0.05, 0) is 25.1 Å². The van der Waals surface area contributed by atoms with E-state index in [1.54, 1.807) is 0 Å². The molecule has 2 heteroatoms. The fraction of sp³-hybridized carbons (Fsp3) is 0.259. The number of rotatable bonds is 5. The fourth-order valence-corrected chi connectivity index (χ4v) is 3.43. The highest BCUT2D eigenvalue weighted by Gasteiger charge is 2.15. The first-order chi connectivity index (χ1) is 14.2. The Morgan fingerprint density at radius 1 is 0.828 bits per heavy atom. The minimum absolute atomic E-state index is 0.775. The van der Waals surface area contributed by atoms with Crippen molar-refractivity contribution in [2.45, 2.75) is 46.2 Å². The second kappa shape index (κ2) is 10.1. The van der Waals surface area contributed by atoms with Crippen molar-refractivity contribution in [2.75, 3.05) is 0 Å². The van der Waals surface area contributed by atoms with Crippen LogP contribution in [0.2, 0.25) is 0 Å². The van der Waals surface area contributed by atoms with Crippen molar-refractivity contribution < 1.29 is 9.13 Å². The Balaban J connectivity index is 2.02. The molecule has 0 spiro atoms.